The molecule has 2 N–H and O–H groups in total. The largest absolute Gasteiger partial charge is 1.00 e. The molecule has 0 radical (unpaired) electrons. The lowest BCUT2D eigenvalue weighted by molar-refractivity contribution is -0.753. The number of rotatable bonds is 12. The number of carbonyl (C=O) groups is 1. The van der Waals surface area contributed by atoms with Gasteiger partial charge in [-0.2, -0.15) is 9.83 Å². The van der Waals surface area contributed by atoms with Gasteiger partial charge >= 0.3 is 6.09 Å². The van der Waals surface area contributed by atoms with Crippen LogP contribution in [-0.4, -0.2) is 39.1 Å². The maximum Gasteiger partial charge on any atom is 0.416 e. The summed E-state index contributed by atoms with van der Waals surface area (Å²) in [5, 5.41) is 31.4. The molecule has 5 rings (SSSR count). The average molecular weight is 759 g/mol. The number of aliphatic hydroxyl groups is 1. The van der Waals surface area contributed by atoms with Crippen LogP contribution in [0.25, 0.3) is 11.3 Å². The third-order valence-electron chi connectivity index (χ3n) is 8.34. The minimum absolute atomic E-state index is 0. The fourth-order valence-corrected chi connectivity index (χ4v) is 6.34. The first-order valence-corrected chi connectivity index (χ1v) is 16.6. The van der Waals surface area contributed by atoms with Crippen LogP contribution in [0.1, 0.15) is 61.5 Å². The van der Waals surface area contributed by atoms with Gasteiger partial charge in [0.2, 0.25) is 12.6 Å². The molecular weight excluding hydrogens is 719 g/mol. The van der Waals surface area contributed by atoms with Crippen molar-refractivity contribution in [2.75, 3.05) is 11.9 Å². The molecule has 0 aliphatic rings. The zero-order chi connectivity index (χ0) is 35.3. The molecule has 2 aromatic heterocycles. The number of thiazole rings is 1. The number of carbonyl (C=O) groups excluding carboxylic acids is 1. The van der Waals surface area contributed by atoms with Gasteiger partial charge in [0.15, 0.2) is 0 Å². The van der Waals surface area contributed by atoms with Crippen LogP contribution in [-0.2, 0) is 23.4 Å². The second-order valence-electron chi connectivity index (χ2n) is 12.1. The lowest BCUT2D eigenvalue weighted by Crippen LogP contribution is -3.00. The summed E-state index contributed by atoms with van der Waals surface area (Å²) >= 11 is 1.27. The summed E-state index contributed by atoms with van der Waals surface area (Å²) < 4.78 is 38.5. The first-order chi connectivity index (χ1) is 23.4. The number of halogens is 4. The van der Waals surface area contributed by atoms with E-state index in [1.165, 1.54) is 38.1 Å². The molecule has 51 heavy (non-hydrogen) atoms. The molecule has 3 unspecified atom stereocenters. The fraction of sp³-hybridized carbons (Fsp3) is 0.306. The minimum Gasteiger partial charge on any atom is -1.00 e. The molecule has 0 aliphatic heterocycles. The van der Waals surface area contributed by atoms with E-state index in [9.17, 15) is 14.3 Å². The molecule has 10 nitrogen and oxygen atoms in total. The van der Waals surface area contributed by atoms with Gasteiger partial charge in [0.25, 0.3) is 6.33 Å². The van der Waals surface area contributed by atoms with Crippen LogP contribution in [0.2, 0.25) is 0 Å². The van der Waals surface area contributed by atoms with Crippen LogP contribution < -0.4 is 27.2 Å². The number of anilines is 1. The van der Waals surface area contributed by atoms with E-state index in [4.69, 9.17) is 15.0 Å². The molecule has 0 saturated heterocycles. The van der Waals surface area contributed by atoms with Gasteiger partial charge < -0.3 is 27.6 Å². The highest BCUT2D eigenvalue weighted by atomic mass is 35.5. The van der Waals surface area contributed by atoms with Crippen LogP contribution >= 0.6 is 23.7 Å². The Morgan fingerprint density at radius 2 is 1.84 bits per heavy atom. The van der Waals surface area contributed by atoms with Crippen LogP contribution in [0, 0.1) is 23.0 Å². The summed E-state index contributed by atoms with van der Waals surface area (Å²) in [4.78, 5) is 19.3. The quantitative estimate of drug-likeness (QED) is 0.186. The van der Waals surface area contributed by atoms with E-state index in [0.717, 1.165) is 29.3 Å². The predicted molar refractivity (Wildman–Crippen MR) is 189 cm³/mol. The van der Waals surface area contributed by atoms with Crippen molar-refractivity contribution < 1.29 is 40.4 Å². The Balaban J connectivity index is 0.00000351. The molecule has 2 heterocycles. The van der Waals surface area contributed by atoms with E-state index in [1.807, 2.05) is 43.5 Å². The van der Waals surface area contributed by atoms with Gasteiger partial charge in [0.1, 0.15) is 23.8 Å². The third-order valence-corrected chi connectivity index (χ3v) is 9.36. The fourth-order valence-electron chi connectivity index (χ4n) is 5.37. The smallest absolute Gasteiger partial charge is 0.416 e. The van der Waals surface area contributed by atoms with E-state index in [-0.39, 0.29) is 43.0 Å². The second-order valence-corrected chi connectivity index (χ2v) is 13.0. The molecule has 1 amide bonds. The van der Waals surface area contributed by atoms with Crippen LogP contribution in [0.4, 0.5) is 19.3 Å². The molecule has 0 bridgehead atoms. The topological polar surface area (TPSA) is 120 Å². The molecule has 0 fully saturated rings. The van der Waals surface area contributed by atoms with Gasteiger partial charge in [-0.1, -0.05) is 51.1 Å². The second kappa shape index (κ2) is 17.7. The number of nitrogens with zero attached hydrogens (tertiary/aromatic N) is 6. The van der Waals surface area contributed by atoms with Gasteiger partial charge in [-0.05, 0) is 42.0 Å². The van der Waals surface area contributed by atoms with E-state index >= 15 is 4.39 Å². The summed E-state index contributed by atoms with van der Waals surface area (Å²) in [6, 6.07) is 19.8. The Labute approximate surface area is 312 Å². The number of amides is 1. The average Bonchev–Trinajstić information content (AvgIpc) is 3.78. The summed E-state index contributed by atoms with van der Waals surface area (Å²) in [7, 11) is 1.64. The van der Waals surface area contributed by atoms with Gasteiger partial charge in [-0.3, -0.25) is 4.90 Å². The lowest BCUT2D eigenvalue weighted by Gasteiger charge is -2.32. The molecule has 0 saturated carbocycles. The molecule has 5 aromatic rings. The van der Waals surface area contributed by atoms with Crippen LogP contribution in [0.5, 0.6) is 0 Å². The number of hydrogen-bond acceptors (Lipinski definition) is 8. The van der Waals surface area contributed by atoms with Gasteiger partial charge in [-0.25, -0.2) is 18.6 Å². The first-order valence-electron chi connectivity index (χ1n) is 15.7. The lowest BCUT2D eigenvalue weighted by atomic mass is 9.82. The van der Waals surface area contributed by atoms with Gasteiger partial charge in [0, 0.05) is 54.1 Å². The molecule has 270 valence electrons. The molecule has 3 aromatic carbocycles. The van der Waals surface area contributed by atoms with E-state index < -0.39 is 35.5 Å². The number of nitrogens with one attached hydrogen (secondary N) is 1. The highest BCUT2D eigenvalue weighted by Gasteiger charge is 2.43. The zero-order valence-corrected chi connectivity index (χ0v) is 31.0. The molecule has 15 heteroatoms. The number of nitriles is 1. The number of para-hydroxylation sites is 1. The van der Waals surface area contributed by atoms with Crippen molar-refractivity contribution in [3.63, 3.8) is 0 Å². The Morgan fingerprint density at radius 1 is 1.14 bits per heavy atom. The maximum atomic E-state index is 15.3. The molecule has 0 spiro atoms. The summed E-state index contributed by atoms with van der Waals surface area (Å²) in [6.45, 7) is 7.76. The van der Waals surface area contributed by atoms with E-state index in [2.05, 4.69) is 16.5 Å². The van der Waals surface area contributed by atoms with Gasteiger partial charge in [-0.15, -0.1) is 28.4 Å². The summed E-state index contributed by atoms with van der Waals surface area (Å²) in [5.74, 6) is -2.30. The van der Waals surface area contributed by atoms with Crippen molar-refractivity contribution in [2.45, 2.75) is 64.6 Å². The predicted octanol–water partition coefficient (Wildman–Crippen LogP) is 3.85. The number of ether oxygens (including phenoxy) is 1. The SMILES string of the molecule is CC(C)NCc1ccccc1N(C)C(=O)OC(C)[n+]1cnn(CC(O)(c2cc(F)ccc2F)C(C)c2nc(-c3ccc(C#N)cc3)cs2)c1.Cl.[Cl-]. The van der Waals surface area contributed by atoms with Crippen molar-refractivity contribution in [2.24, 2.45) is 0 Å². The number of aromatic nitrogens is 4. The van der Waals surface area contributed by atoms with Crippen LogP contribution in [0.3, 0.4) is 0 Å². The van der Waals surface area contributed by atoms with Crippen molar-refractivity contribution in [3.05, 3.63) is 118 Å². The third kappa shape index (κ3) is 9.46. The highest BCUT2D eigenvalue weighted by Crippen LogP contribution is 2.41. The molecule has 0 aliphatic carbocycles. The summed E-state index contributed by atoms with van der Waals surface area (Å²) in [5.41, 5.74) is 1.30. The zero-order valence-electron chi connectivity index (χ0n) is 28.6. The Kier molecular flexibility index (Phi) is 14.2. The number of hydrogen-bond donors (Lipinski definition) is 2. The van der Waals surface area contributed by atoms with Crippen molar-refractivity contribution in [1.29, 1.82) is 5.26 Å². The monoisotopic (exact) mass is 757 g/mol. The summed E-state index contributed by atoms with van der Waals surface area (Å²) in [6.07, 6.45) is 1.57. The van der Waals surface area contributed by atoms with Crippen molar-refractivity contribution in [3.8, 4) is 17.3 Å². The molecule has 3 atom stereocenters. The standard InChI is InChI=1S/C36H38F2N7O3S.2ClH/c1-23(2)40-18-28-8-6-7-9-33(28)43(5)35(46)48-25(4)44-21-41-45(22-44)20-36(47,30-16-29(37)14-15-31(30)38)24(3)34-42-32(19-49-34)27-12-10-26(17-39)11-13-27;;/h6-16,19,21-25,40,47H,18,20H2,1-5H3;2*1H/q+1;;/p-1. The van der Waals surface area contributed by atoms with Crippen molar-refractivity contribution in [1.82, 2.24) is 20.1 Å². The van der Waals surface area contributed by atoms with Gasteiger partial charge in [0.05, 0.1) is 28.0 Å². The Bertz CT molecular complexity index is 1970. The first kappa shape index (κ1) is 41.0. The molecular formula is C36H39Cl2F2N7O3S. The maximum absolute atomic E-state index is 15.3. The number of benzene rings is 3. The Morgan fingerprint density at radius 3 is 2.53 bits per heavy atom. The highest BCUT2D eigenvalue weighted by molar-refractivity contribution is 7.10. The van der Waals surface area contributed by atoms with E-state index in [0.29, 0.717) is 28.5 Å². The van der Waals surface area contributed by atoms with Crippen LogP contribution in [0.15, 0.2) is 84.8 Å². The van der Waals surface area contributed by atoms with Crippen molar-refractivity contribution >= 4 is 35.5 Å². The van der Waals surface area contributed by atoms with E-state index in [1.54, 1.807) is 45.2 Å². The minimum atomic E-state index is -2.00. The Hall–Kier alpha value is -4.45. The normalized spacial score (nSPS) is 13.3.